The zero-order valence-electron chi connectivity index (χ0n) is 21.3. The van der Waals surface area contributed by atoms with Crippen molar-refractivity contribution in [2.45, 2.75) is 72.4 Å². The van der Waals surface area contributed by atoms with Crippen molar-refractivity contribution in [3.05, 3.63) is 35.1 Å². The first-order chi connectivity index (χ1) is 16.2. The van der Waals surface area contributed by atoms with Gasteiger partial charge in [0.25, 0.3) is 0 Å². The normalized spacial score (nSPS) is 17.5. The van der Waals surface area contributed by atoms with Gasteiger partial charge in [-0.15, -0.1) is 0 Å². The number of rotatable bonds is 6. The van der Waals surface area contributed by atoms with Gasteiger partial charge in [-0.1, -0.05) is 39.3 Å². The van der Waals surface area contributed by atoms with Crippen LogP contribution in [-0.2, 0) is 4.74 Å². The smallest absolute Gasteiger partial charge is 0.410 e. The summed E-state index contributed by atoms with van der Waals surface area (Å²) in [7, 11) is 1.53. The summed E-state index contributed by atoms with van der Waals surface area (Å²) in [4.78, 5) is 18.8. The van der Waals surface area contributed by atoms with Crippen LogP contribution < -0.4 is 9.47 Å². The lowest BCUT2D eigenvalue weighted by Gasteiger charge is -2.28. The molecule has 3 atom stereocenters. The molecule has 11 heteroatoms. The molecule has 0 saturated carbocycles. The van der Waals surface area contributed by atoms with Crippen molar-refractivity contribution in [2.24, 2.45) is 0 Å². The fourth-order valence-corrected chi connectivity index (χ4v) is 4.50. The van der Waals surface area contributed by atoms with E-state index in [2.05, 4.69) is 32.1 Å². The van der Waals surface area contributed by atoms with E-state index in [0.29, 0.717) is 23.8 Å². The van der Waals surface area contributed by atoms with E-state index in [1.165, 1.54) is 7.11 Å². The standard InChI is InChI=1S/C19H25ClIN4O4P.2C2H6/c1-19(2,3)29-18(26)24-9-12(13-8-22-25(10-13)30-21)7-14(24)11-28-17-15(20)5-6-16(23-17)27-4;2*1-2/h5-6,8,10,12,14,30H,7,9,11H2,1-4H3;2*1-2H3. The number of methoxy groups -OCH3 is 1. The highest BCUT2D eigenvalue weighted by Crippen LogP contribution is 2.35. The minimum Gasteiger partial charge on any atom is -0.481 e. The van der Waals surface area contributed by atoms with Gasteiger partial charge in [-0.2, -0.15) is 10.1 Å². The number of carbonyl (C=O) groups is 1. The highest BCUT2D eigenvalue weighted by molar-refractivity contribution is 14.2. The molecule has 1 saturated heterocycles. The largest absolute Gasteiger partial charge is 0.481 e. The quantitative estimate of drug-likeness (QED) is 0.255. The molecule has 2 aromatic heterocycles. The minimum absolute atomic E-state index is 0.154. The molecular weight excluding hydrogens is 590 g/mol. The van der Waals surface area contributed by atoms with E-state index in [1.54, 1.807) is 17.0 Å². The van der Waals surface area contributed by atoms with Gasteiger partial charge in [-0.25, -0.2) is 9.25 Å². The highest BCUT2D eigenvalue weighted by atomic mass is 127. The number of pyridine rings is 1. The summed E-state index contributed by atoms with van der Waals surface area (Å²) in [5.74, 6) is 0.846. The van der Waals surface area contributed by atoms with Crippen molar-refractivity contribution in [1.82, 2.24) is 19.4 Å². The summed E-state index contributed by atoms with van der Waals surface area (Å²) in [6.07, 6.45) is 4.81. The van der Waals surface area contributed by atoms with Gasteiger partial charge in [0, 0.05) is 24.7 Å². The molecule has 0 aromatic carbocycles. The van der Waals surface area contributed by atoms with Crippen LogP contribution in [0.2, 0.25) is 5.02 Å². The predicted octanol–water partition coefficient (Wildman–Crippen LogP) is 6.96. The molecule has 0 bridgehead atoms. The van der Waals surface area contributed by atoms with Crippen LogP contribution in [-0.4, -0.2) is 57.4 Å². The van der Waals surface area contributed by atoms with Crippen LogP contribution in [0.5, 0.6) is 11.8 Å². The van der Waals surface area contributed by atoms with Crippen LogP contribution in [0.4, 0.5) is 4.79 Å². The van der Waals surface area contributed by atoms with Crippen molar-refractivity contribution < 1.29 is 19.0 Å². The van der Waals surface area contributed by atoms with Crippen LogP contribution in [0.25, 0.3) is 0 Å². The Morgan fingerprint density at radius 3 is 2.50 bits per heavy atom. The van der Waals surface area contributed by atoms with Crippen LogP contribution in [0.1, 0.15) is 66.4 Å². The Labute approximate surface area is 223 Å². The Kier molecular flexibility index (Phi) is 13.5. The van der Waals surface area contributed by atoms with E-state index < -0.39 is 5.60 Å². The third-order valence-corrected chi connectivity index (χ3v) is 6.80. The van der Waals surface area contributed by atoms with Gasteiger partial charge < -0.3 is 19.1 Å². The topological polar surface area (TPSA) is 78.7 Å². The third kappa shape index (κ3) is 9.04. The first-order valence-electron chi connectivity index (χ1n) is 11.4. The number of nitrogens with zero attached hydrogens (tertiary/aromatic N) is 4. The number of halogens is 2. The van der Waals surface area contributed by atoms with E-state index in [0.717, 1.165) is 12.0 Å². The minimum atomic E-state index is -0.578. The van der Waals surface area contributed by atoms with Gasteiger partial charge in [-0.3, -0.25) is 0 Å². The van der Waals surface area contributed by atoms with Crippen molar-refractivity contribution in [2.75, 3.05) is 20.3 Å². The lowest BCUT2D eigenvalue weighted by molar-refractivity contribution is 0.0184. The molecule has 1 aliphatic heterocycles. The Morgan fingerprint density at radius 1 is 1.26 bits per heavy atom. The van der Waals surface area contributed by atoms with Gasteiger partial charge in [0.1, 0.15) is 17.2 Å². The molecule has 0 radical (unpaired) electrons. The van der Waals surface area contributed by atoms with E-state index in [1.807, 2.05) is 65.3 Å². The summed E-state index contributed by atoms with van der Waals surface area (Å²) in [6, 6.07) is 3.16. The number of amides is 1. The van der Waals surface area contributed by atoms with Gasteiger partial charge in [0.05, 0.1) is 25.7 Å². The van der Waals surface area contributed by atoms with Crippen molar-refractivity contribution in [1.29, 1.82) is 0 Å². The molecule has 34 heavy (non-hydrogen) atoms. The summed E-state index contributed by atoms with van der Waals surface area (Å²) >= 11 is 8.49. The van der Waals surface area contributed by atoms with Crippen molar-refractivity contribution >= 4 is 46.1 Å². The molecule has 0 N–H and O–H groups in total. The molecule has 8 nitrogen and oxygen atoms in total. The molecule has 1 aliphatic rings. The van der Waals surface area contributed by atoms with E-state index >= 15 is 0 Å². The Morgan fingerprint density at radius 2 is 1.94 bits per heavy atom. The molecule has 1 fully saturated rings. The average molecular weight is 627 g/mol. The molecule has 0 aliphatic carbocycles. The van der Waals surface area contributed by atoms with E-state index in [-0.39, 0.29) is 30.5 Å². The average Bonchev–Trinajstić information content (AvgIpc) is 3.47. The molecule has 3 unspecified atom stereocenters. The maximum absolute atomic E-state index is 12.9. The fraction of sp³-hybridized carbons (Fsp3) is 0.609. The Balaban J connectivity index is 0.00000137. The molecule has 3 rings (SSSR count). The molecule has 192 valence electrons. The van der Waals surface area contributed by atoms with Crippen LogP contribution in [0, 0.1) is 0 Å². The predicted molar refractivity (Wildman–Crippen MR) is 148 cm³/mol. The molecule has 1 amide bonds. The summed E-state index contributed by atoms with van der Waals surface area (Å²) in [5.41, 5.74) is 0.526. The first kappa shape index (κ1) is 30.7. The lowest BCUT2D eigenvalue weighted by atomic mass is 10.00. The lowest BCUT2D eigenvalue weighted by Crippen LogP contribution is -2.42. The number of carbonyl (C=O) groups excluding carboxylic acids is 1. The SMILES string of the molecule is CC.CC.COc1ccc(Cl)c(OCC2CC(c3cnn(PI)c3)CN2C(=O)OC(C)(C)C)n1. The molecule has 0 spiro atoms. The number of hydrogen-bond donors (Lipinski definition) is 0. The summed E-state index contributed by atoms with van der Waals surface area (Å²) in [5, 5.41) is 4.76. The maximum Gasteiger partial charge on any atom is 0.410 e. The third-order valence-electron chi connectivity index (χ3n) is 4.61. The second kappa shape index (κ2) is 14.9. The highest BCUT2D eigenvalue weighted by Gasteiger charge is 2.39. The van der Waals surface area contributed by atoms with Gasteiger partial charge in [0.2, 0.25) is 11.8 Å². The number of aromatic nitrogens is 3. The first-order valence-corrected chi connectivity index (χ1v) is 15.9. The Hall–Kier alpha value is -1.32. The zero-order chi connectivity index (χ0) is 25.9. The second-order valence-electron chi connectivity index (χ2n) is 7.97. The number of hydrogen-bond acceptors (Lipinski definition) is 6. The number of likely N-dealkylation sites (tertiary alicyclic amines) is 1. The summed E-state index contributed by atoms with van der Waals surface area (Å²) in [6.45, 7) is 14.4. The number of ether oxygens (including phenoxy) is 3. The van der Waals surface area contributed by atoms with Crippen LogP contribution in [0.15, 0.2) is 24.5 Å². The molecule has 2 aromatic rings. The fourth-order valence-electron chi connectivity index (χ4n) is 3.25. The van der Waals surface area contributed by atoms with E-state index in [9.17, 15) is 4.79 Å². The van der Waals surface area contributed by atoms with Gasteiger partial charge in [0.15, 0.2) is 0 Å². The maximum atomic E-state index is 12.9. The Bertz CT molecular complexity index is 894. The summed E-state index contributed by atoms with van der Waals surface area (Å²) < 4.78 is 18.6. The second-order valence-corrected chi connectivity index (χ2v) is 10.5. The zero-order valence-corrected chi connectivity index (χ0v) is 25.2. The molecule has 3 heterocycles. The van der Waals surface area contributed by atoms with Crippen molar-refractivity contribution in [3.8, 4) is 11.8 Å². The van der Waals surface area contributed by atoms with Gasteiger partial charge >= 0.3 is 6.09 Å². The monoisotopic (exact) mass is 626 g/mol. The van der Waals surface area contributed by atoms with Crippen molar-refractivity contribution in [3.63, 3.8) is 0 Å². The van der Waals surface area contributed by atoms with Crippen LogP contribution >= 0.6 is 40.0 Å². The van der Waals surface area contributed by atoms with E-state index in [4.69, 9.17) is 25.8 Å². The molecular formula is C23H37ClIN4O4P. The van der Waals surface area contributed by atoms with Gasteiger partial charge in [-0.05, 0) is 60.9 Å². The van der Waals surface area contributed by atoms with Crippen LogP contribution in [0.3, 0.4) is 0 Å².